The lowest BCUT2D eigenvalue weighted by Gasteiger charge is -2.03. The molecule has 0 radical (unpaired) electrons. The van der Waals surface area contributed by atoms with Crippen LogP contribution in [0.5, 0.6) is 0 Å². The van der Waals surface area contributed by atoms with Crippen LogP contribution in [0.1, 0.15) is 76.7 Å². The summed E-state index contributed by atoms with van der Waals surface area (Å²) in [7, 11) is 0. The standard InChI is InChI=1S/C22H30S2/c1-2-3-4-5-6-7-8-9-10-11-12-19-17-24-22-20(19)14-13-18-15-16-23-21(18)22/h13-17H,2-12H2,1H3. The van der Waals surface area contributed by atoms with E-state index in [-0.39, 0.29) is 0 Å². The predicted octanol–water partition coefficient (Wildman–Crippen LogP) is 8.58. The summed E-state index contributed by atoms with van der Waals surface area (Å²) in [5.74, 6) is 0. The van der Waals surface area contributed by atoms with E-state index in [0.717, 1.165) is 0 Å². The first kappa shape index (κ1) is 17.9. The molecule has 1 aromatic carbocycles. The summed E-state index contributed by atoms with van der Waals surface area (Å²) in [6.07, 6.45) is 15.4. The number of rotatable bonds is 11. The van der Waals surface area contributed by atoms with Crippen molar-refractivity contribution in [2.75, 3.05) is 0 Å². The predicted molar refractivity (Wildman–Crippen MR) is 113 cm³/mol. The van der Waals surface area contributed by atoms with E-state index in [2.05, 4.69) is 35.9 Å². The van der Waals surface area contributed by atoms with Gasteiger partial charge < -0.3 is 0 Å². The number of thiophene rings is 2. The second-order valence-electron chi connectivity index (χ2n) is 6.97. The van der Waals surface area contributed by atoms with Crippen LogP contribution in [0.3, 0.4) is 0 Å². The number of fused-ring (bicyclic) bond motifs is 3. The summed E-state index contributed by atoms with van der Waals surface area (Å²) in [6, 6.07) is 6.87. The fourth-order valence-electron chi connectivity index (χ4n) is 3.57. The van der Waals surface area contributed by atoms with Crippen LogP contribution in [0, 0.1) is 0 Å². The Hall–Kier alpha value is -0.860. The molecular formula is C22H30S2. The molecule has 0 aliphatic rings. The number of unbranched alkanes of at least 4 members (excludes halogenated alkanes) is 9. The summed E-state index contributed by atoms with van der Waals surface area (Å²) in [4.78, 5) is 0. The van der Waals surface area contributed by atoms with Crippen LogP contribution in [-0.2, 0) is 6.42 Å². The van der Waals surface area contributed by atoms with Crippen molar-refractivity contribution in [1.82, 2.24) is 0 Å². The van der Waals surface area contributed by atoms with Crippen LogP contribution in [0.15, 0.2) is 29.0 Å². The Balaban J connectivity index is 1.37. The third-order valence-corrected chi connectivity index (χ3v) is 7.18. The number of hydrogen-bond donors (Lipinski definition) is 0. The summed E-state index contributed by atoms with van der Waals surface area (Å²) in [6.45, 7) is 2.29. The van der Waals surface area contributed by atoms with E-state index in [1.165, 1.54) is 90.8 Å². The van der Waals surface area contributed by atoms with Crippen molar-refractivity contribution in [2.45, 2.75) is 77.6 Å². The van der Waals surface area contributed by atoms with Crippen molar-refractivity contribution >= 4 is 42.8 Å². The minimum absolute atomic E-state index is 1.26. The summed E-state index contributed by atoms with van der Waals surface area (Å²) < 4.78 is 2.98. The van der Waals surface area contributed by atoms with Crippen LogP contribution in [0.25, 0.3) is 20.2 Å². The smallest absolute Gasteiger partial charge is 0.0523 e. The van der Waals surface area contributed by atoms with Crippen LogP contribution >= 0.6 is 22.7 Å². The zero-order chi connectivity index (χ0) is 16.6. The fraction of sp³-hybridized carbons (Fsp3) is 0.545. The molecule has 24 heavy (non-hydrogen) atoms. The zero-order valence-electron chi connectivity index (χ0n) is 15.0. The summed E-state index contributed by atoms with van der Waals surface area (Å²) >= 11 is 3.82. The Morgan fingerprint density at radius 3 is 2.17 bits per heavy atom. The van der Waals surface area contributed by atoms with E-state index in [9.17, 15) is 0 Å². The van der Waals surface area contributed by atoms with Crippen molar-refractivity contribution in [3.8, 4) is 0 Å². The zero-order valence-corrected chi connectivity index (χ0v) is 16.6. The van der Waals surface area contributed by atoms with Gasteiger partial charge in [0.2, 0.25) is 0 Å². The molecule has 2 heteroatoms. The van der Waals surface area contributed by atoms with Gasteiger partial charge in [0.1, 0.15) is 0 Å². The first-order chi connectivity index (χ1) is 11.9. The average Bonchev–Trinajstić information content (AvgIpc) is 3.22. The topological polar surface area (TPSA) is 0 Å². The molecule has 130 valence electrons. The van der Waals surface area contributed by atoms with Gasteiger partial charge >= 0.3 is 0 Å². The number of hydrogen-bond acceptors (Lipinski definition) is 2. The molecule has 0 bridgehead atoms. The van der Waals surface area contributed by atoms with Gasteiger partial charge in [-0.15, -0.1) is 22.7 Å². The molecular weight excluding hydrogens is 328 g/mol. The quantitative estimate of drug-likeness (QED) is 0.301. The first-order valence-electron chi connectivity index (χ1n) is 9.76. The van der Waals surface area contributed by atoms with Gasteiger partial charge in [0, 0.05) is 0 Å². The van der Waals surface area contributed by atoms with Crippen molar-refractivity contribution < 1.29 is 0 Å². The van der Waals surface area contributed by atoms with E-state index in [0.29, 0.717) is 0 Å². The van der Waals surface area contributed by atoms with Gasteiger partial charge in [-0.1, -0.05) is 76.8 Å². The maximum absolute atomic E-state index is 2.40. The fourth-order valence-corrected chi connectivity index (χ4v) is 5.75. The molecule has 0 unspecified atom stereocenters. The van der Waals surface area contributed by atoms with Crippen molar-refractivity contribution in [2.24, 2.45) is 0 Å². The highest BCUT2D eigenvalue weighted by molar-refractivity contribution is 7.25. The third-order valence-electron chi connectivity index (χ3n) is 5.04. The Labute approximate surface area is 154 Å². The highest BCUT2D eigenvalue weighted by Crippen LogP contribution is 2.36. The van der Waals surface area contributed by atoms with Crippen molar-refractivity contribution in [1.29, 1.82) is 0 Å². The van der Waals surface area contributed by atoms with Gasteiger partial charge in [-0.2, -0.15) is 0 Å². The Kier molecular flexibility index (Phi) is 7.16. The molecule has 0 N–H and O–H groups in total. The van der Waals surface area contributed by atoms with Crippen molar-refractivity contribution in [3.63, 3.8) is 0 Å². The minimum atomic E-state index is 1.26. The molecule has 0 fully saturated rings. The molecule has 0 spiro atoms. The van der Waals surface area contributed by atoms with Crippen LogP contribution < -0.4 is 0 Å². The largest absolute Gasteiger partial charge is 0.142 e. The molecule has 0 nitrogen and oxygen atoms in total. The number of benzene rings is 1. The van der Waals surface area contributed by atoms with Gasteiger partial charge in [-0.3, -0.25) is 0 Å². The maximum atomic E-state index is 2.40. The molecule has 3 aromatic rings. The number of aryl methyl sites for hydroxylation is 1. The lowest BCUT2D eigenvalue weighted by molar-refractivity contribution is 0.556. The third kappa shape index (κ3) is 4.61. The van der Waals surface area contributed by atoms with E-state index in [1.54, 1.807) is 5.56 Å². The van der Waals surface area contributed by atoms with Crippen molar-refractivity contribution in [3.05, 3.63) is 34.5 Å². The summed E-state index contributed by atoms with van der Waals surface area (Å²) in [5, 5.41) is 7.52. The van der Waals surface area contributed by atoms with E-state index in [1.807, 2.05) is 22.7 Å². The molecule has 0 aliphatic heterocycles. The second kappa shape index (κ2) is 9.58. The minimum Gasteiger partial charge on any atom is -0.142 e. The molecule has 2 aromatic heterocycles. The highest BCUT2D eigenvalue weighted by atomic mass is 32.1. The SMILES string of the molecule is CCCCCCCCCCCCc1csc2c1ccc1ccsc12. The maximum Gasteiger partial charge on any atom is 0.0523 e. The molecule has 0 amide bonds. The van der Waals surface area contributed by atoms with Gasteiger partial charge in [-0.25, -0.2) is 0 Å². The monoisotopic (exact) mass is 358 g/mol. The lowest BCUT2D eigenvalue weighted by Crippen LogP contribution is -1.85. The van der Waals surface area contributed by atoms with Crippen LogP contribution in [0.4, 0.5) is 0 Å². The Morgan fingerprint density at radius 1 is 0.708 bits per heavy atom. The van der Waals surface area contributed by atoms with E-state index >= 15 is 0 Å². The molecule has 3 rings (SSSR count). The van der Waals surface area contributed by atoms with Gasteiger partial charge in [0.05, 0.1) is 9.40 Å². The molecule has 0 atom stereocenters. The molecule has 0 saturated heterocycles. The van der Waals surface area contributed by atoms with Gasteiger partial charge in [0.15, 0.2) is 0 Å². The molecule has 2 heterocycles. The highest BCUT2D eigenvalue weighted by Gasteiger charge is 2.08. The van der Waals surface area contributed by atoms with Gasteiger partial charge in [-0.05, 0) is 46.0 Å². The lowest BCUT2D eigenvalue weighted by atomic mass is 10.0. The average molecular weight is 359 g/mol. The second-order valence-corrected chi connectivity index (χ2v) is 8.77. The molecule has 0 aliphatic carbocycles. The first-order valence-corrected chi connectivity index (χ1v) is 11.5. The normalized spacial score (nSPS) is 11.7. The summed E-state index contributed by atoms with van der Waals surface area (Å²) in [5.41, 5.74) is 1.57. The van der Waals surface area contributed by atoms with Crippen LogP contribution in [-0.4, -0.2) is 0 Å². The van der Waals surface area contributed by atoms with Crippen LogP contribution in [0.2, 0.25) is 0 Å². The van der Waals surface area contributed by atoms with E-state index in [4.69, 9.17) is 0 Å². The van der Waals surface area contributed by atoms with Gasteiger partial charge in [0.25, 0.3) is 0 Å². The Bertz CT molecular complexity index is 735. The molecule has 0 saturated carbocycles. The Morgan fingerprint density at radius 2 is 1.42 bits per heavy atom. The van der Waals surface area contributed by atoms with E-state index < -0.39 is 0 Å².